The topological polar surface area (TPSA) is 56.7 Å². The molecule has 0 saturated carbocycles. The van der Waals surface area contributed by atoms with E-state index in [0.717, 1.165) is 22.5 Å². The van der Waals surface area contributed by atoms with Crippen LogP contribution in [-0.4, -0.2) is 14.5 Å². The first-order chi connectivity index (χ1) is 9.17. The van der Waals surface area contributed by atoms with Crippen LogP contribution in [0.5, 0.6) is 0 Å². The minimum atomic E-state index is 0.491. The summed E-state index contributed by atoms with van der Waals surface area (Å²) in [5.74, 6) is 0.491. The van der Waals surface area contributed by atoms with Crippen molar-refractivity contribution in [1.82, 2.24) is 14.5 Å². The molecule has 6 heteroatoms. The van der Waals surface area contributed by atoms with Gasteiger partial charge in [-0.05, 0) is 24.6 Å². The number of halogens is 1. The third-order valence-corrected chi connectivity index (χ3v) is 4.34. The average Bonchev–Trinajstić information content (AvgIpc) is 2.95. The van der Waals surface area contributed by atoms with Crippen LogP contribution in [0, 0.1) is 0 Å². The number of hydrogen-bond donors (Lipinski definition) is 1. The molecule has 1 aromatic carbocycles. The fraction of sp³-hybridized carbons (Fsp3) is 0.231. The predicted octanol–water partition coefficient (Wildman–Crippen LogP) is 3.34. The number of benzene rings is 1. The minimum Gasteiger partial charge on any atom is -0.369 e. The van der Waals surface area contributed by atoms with E-state index in [4.69, 9.17) is 17.3 Å². The van der Waals surface area contributed by atoms with Gasteiger partial charge in [0, 0.05) is 16.1 Å². The fourth-order valence-electron chi connectivity index (χ4n) is 2.01. The van der Waals surface area contributed by atoms with E-state index in [-0.39, 0.29) is 0 Å². The first-order valence-electron chi connectivity index (χ1n) is 6.02. The zero-order valence-electron chi connectivity index (χ0n) is 10.4. The molecule has 19 heavy (non-hydrogen) atoms. The summed E-state index contributed by atoms with van der Waals surface area (Å²) in [6.07, 6.45) is 2.93. The number of nitrogen functional groups attached to an aromatic ring is 1. The van der Waals surface area contributed by atoms with Crippen LogP contribution in [0.15, 0.2) is 24.4 Å². The Kier molecular flexibility index (Phi) is 3.16. The number of fused-ring (bicyclic) bond motifs is 1. The van der Waals surface area contributed by atoms with Gasteiger partial charge in [0.15, 0.2) is 0 Å². The zero-order valence-corrected chi connectivity index (χ0v) is 12.0. The molecular weight excluding hydrogens is 280 g/mol. The number of anilines is 1. The van der Waals surface area contributed by atoms with E-state index in [1.165, 1.54) is 4.88 Å². The summed E-state index contributed by atoms with van der Waals surface area (Å²) >= 11 is 7.67. The number of thiazole rings is 1. The second kappa shape index (κ2) is 4.83. The smallest absolute Gasteiger partial charge is 0.201 e. The molecule has 0 amide bonds. The van der Waals surface area contributed by atoms with Crippen molar-refractivity contribution in [2.75, 3.05) is 5.73 Å². The van der Waals surface area contributed by atoms with Gasteiger partial charge in [-0.2, -0.15) is 0 Å². The first-order valence-corrected chi connectivity index (χ1v) is 7.21. The van der Waals surface area contributed by atoms with Crippen molar-refractivity contribution in [2.45, 2.75) is 19.9 Å². The van der Waals surface area contributed by atoms with Crippen molar-refractivity contribution in [1.29, 1.82) is 0 Å². The van der Waals surface area contributed by atoms with Crippen LogP contribution in [0.3, 0.4) is 0 Å². The van der Waals surface area contributed by atoms with Crippen LogP contribution in [0.25, 0.3) is 11.0 Å². The van der Waals surface area contributed by atoms with E-state index in [9.17, 15) is 0 Å². The van der Waals surface area contributed by atoms with Crippen LogP contribution in [0.4, 0.5) is 5.95 Å². The number of rotatable bonds is 3. The summed E-state index contributed by atoms with van der Waals surface area (Å²) in [7, 11) is 0. The Balaban J connectivity index is 2.02. The molecule has 0 aliphatic heterocycles. The molecule has 0 saturated heterocycles. The maximum Gasteiger partial charge on any atom is 0.201 e. The lowest BCUT2D eigenvalue weighted by molar-refractivity contribution is 0.829. The van der Waals surface area contributed by atoms with Gasteiger partial charge in [-0.15, -0.1) is 11.3 Å². The van der Waals surface area contributed by atoms with Crippen molar-refractivity contribution in [3.05, 3.63) is 39.3 Å². The summed E-state index contributed by atoms with van der Waals surface area (Å²) in [5, 5.41) is 1.71. The second-order valence-corrected chi connectivity index (χ2v) is 5.90. The van der Waals surface area contributed by atoms with Crippen LogP contribution in [0.2, 0.25) is 5.02 Å². The SMILES string of the molecule is CCc1cnc(Cn2c(N)nc3cc(Cl)ccc32)s1. The van der Waals surface area contributed by atoms with E-state index in [2.05, 4.69) is 16.9 Å². The Morgan fingerprint density at radius 1 is 1.42 bits per heavy atom. The lowest BCUT2D eigenvalue weighted by Crippen LogP contribution is -2.04. The zero-order chi connectivity index (χ0) is 13.4. The molecule has 3 aromatic rings. The molecule has 98 valence electrons. The van der Waals surface area contributed by atoms with Crippen molar-refractivity contribution >= 4 is 39.9 Å². The van der Waals surface area contributed by atoms with Gasteiger partial charge in [0.05, 0.1) is 17.6 Å². The highest BCUT2D eigenvalue weighted by atomic mass is 35.5. The van der Waals surface area contributed by atoms with E-state index in [1.807, 2.05) is 29.0 Å². The molecule has 2 aromatic heterocycles. The Labute approximate surface area is 119 Å². The first kappa shape index (κ1) is 12.4. The van der Waals surface area contributed by atoms with Gasteiger partial charge in [-0.3, -0.25) is 0 Å². The van der Waals surface area contributed by atoms with Gasteiger partial charge in [0.25, 0.3) is 0 Å². The van der Waals surface area contributed by atoms with Crippen molar-refractivity contribution in [3.8, 4) is 0 Å². The molecule has 0 aliphatic rings. The molecule has 2 heterocycles. The highest BCUT2D eigenvalue weighted by Crippen LogP contribution is 2.24. The molecule has 3 rings (SSSR count). The van der Waals surface area contributed by atoms with Crippen molar-refractivity contribution in [3.63, 3.8) is 0 Å². The lowest BCUT2D eigenvalue weighted by Gasteiger charge is -2.03. The Bertz CT molecular complexity index is 731. The Morgan fingerprint density at radius 2 is 2.26 bits per heavy atom. The van der Waals surface area contributed by atoms with Gasteiger partial charge in [-0.25, -0.2) is 9.97 Å². The van der Waals surface area contributed by atoms with Crippen LogP contribution in [-0.2, 0) is 13.0 Å². The van der Waals surface area contributed by atoms with Crippen LogP contribution in [0.1, 0.15) is 16.8 Å². The monoisotopic (exact) mass is 292 g/mol. The number of nitrogens with zero attached hydrogens (tertiary/aromatic N) is 3. The Morgan fingerprint density at radius 3 is 3.00 bits per heavy atom. The molecule has 2 N–H and O–H groups in total. The fourth-order valence-corrected chi connectivity index (χ4v) is 3.03. The molecule has 0 unspecified atom stereocenters. The minimum absolute atomic E-state index is 0.491. The van der Waals surface area contributed by atoms with Crippen LogP contribution >= 0.6 is 22.9 Å². The average molecular weight is 293 g/mol. The molecule has 0 atom stereocenters. The second-order valence-electron chi connectivity index (χ2n) is 4.26. The van der Waals surface area contributed by atoms with Crippen LogP contribution < -0.4 is 5.73 Å². The highest BCUT2D eigenvalue weighted by Gasteiger charge is 2.10. The van der Waals surface area contributed by atoms with Gasteiger partial charge in [0.1, 0.15) is 5.01 Å². The van der Waals surface area contributed by atoms with Crippen molar-refractivity contribution < 1.29 is 0 Å². The molecule has 0 aliphatic carbocycles. The molecule has 0 fully saturated rings. The normalized spacial score (nSPS) is 11.3. The molecule has 0 radical (unpaired) electrons. The third kappa shape index (κ3) is 2.31. The van der Waals surface area contributed by atoms with Gasteiger partial charge in [-0.1, -0.05) is 18.5 Å². The van der Waals surface area contributed by atoms with Gasteiger partial charge >= 0.3 is 0 Å². The summed E-state index contributed by atoms with van der Waals surface area (Å²) in [6.45, 7) is 2.77. The number of hydrogen-bond acceptors (Lipinski definition) is 4. The number of aryl methyl sites for hydroxylation is 1. The molecule has 0 bridgehead atoms. The highest BCUT2D eigenvalue weighted by molar-refractivity contribution is 7.11. The molecular formula is C13H13ClN4S. The summed E-state index contributed by atoms with van der Waals surface area (Å²) < 4.78 is 1.96. The van der Waals surface area contributed by atoms with E-state index in [1.54, 1.807) is 11.3 Å². The maximum absolute atomic E-state index is 5.98. The van der Waals surface area contributed by atoms with Gasteiger partial charge < -0.3 is 10.3 Å². The molecule has 4 nitrogen and oxygen atoms in total. The number of imidazole rings is 1. The number of aromatic nitrogens is 3. The van der Waals surface area contributed by atoms with Gasteiger partial charge in [0.2, 0.25) is 5.95 Å². The number of nitrogens with two attached hydrogens (primary N) is 1. The maximum atomic E-state index is 5.98. The third-order valence-electron chi connectivity index (χ3n) is 2.98. The predicted molar refractivity (Wildman–Crippen MR) is 79.7 cm³/mol. The summed E-state index contributed by atoms with van der Waals surface area (Å²) in [4.78, 5) is 10.0. The lowest BCUT2D eigenvalue weighted by atomic mass is 10.3. The van der Waals surface area contributed by atoms with E-state index < -0.39 is 0 Å². The summed E-state index contributed by atoms with van der Waals surface area (Å²) in [5.41, 5.74) is 7.77. The molecule has 0 spiro atoms. The Hall–Kier alpha value is -1.59. The van der Waals surface area contributed by atoms with E-state index >= 15 is 0 Å². The van der Waals surface area contributed by atoms with Crippen molar-refractivity contribution in [2.24, 2.45) is 0 Å². The summed E-state index contributed by atoms with van der Waals surface area (Å²) in [6, 6.07) is 5.61. The quantitative estimate of drug-likeness (QED) is 0.805. The largest absolute Gasteiger partial charge is 0.369 e. The standard InChI is InChI=1S/C13H13ClN4S/c1-2-9-6-16-12(19-9)7-18-11-4-3-8(14)5-10(11)17-13(18)15/h3-6H,2,7H2,1H3,(H2,15,17). The van der Waals surface area contributed by atoms with E-state index in [0.29, 0.717) is 17.5 Å².